The van der Waals surface area contributed by atoms with Crippen molar-refractivity contribution in [1.29, 1.82) is 0 Å². The van der Waals surface area contributed by atoms with Gasteiger partial charge in [-0.1, -0.05) is 18.2 Å². The Morgan fingerprint density at radius 1 is 1.25 bits per heavy atom. The second-order valence-corrected chi connectivity index (χ2v) is 3.50. The van der Waals surface area contributed by atoms with Crippen LogP contribution in [0, 0.1) is 6.92 Å². The maximum atomic E-state index is 11.5. The van der Waals surface area contributed by atoms with Gasteiger partial charge in [-0.3, -0.25) is 4.79 Å². The molecule has 0 spiro atoms. The molecule has 0 fully saturated rings. The molecule has 0 bridgehead atoms. The fourth-order valence-electron chi connectivity index (χ4n) is 1.55. The number of rotatable bonds is 2. The Labute approximate surface area is 93.5 Å². The van der Waals surface area contributed by atoms with Crippen molar-refractivity contribution in [3.8, 4) is 5.69 Å². The van der Waals surface area contributed by atoms with E-state index in [1.54, 1.807) is 17.8 Å². The Balaban J connectivity index is 2.62. The summed E-state index contributed by atoms with van der Waals surface area (Å²) in [6, 6.07) is 11.3. The van der Waals surface area contributed by atoms with Crippen molar-refractivity contribution in [2.75, 3.05) is 12.4 Å². The van der Waals surface area contributed by atoms with Gasteiger partial charge in [0, 0.05) is 18.8 Å². The van der Waals surface area contributed by atoms with Gasteiger partial charge in [-0.05, 0) is 19.1 Å². The molecular formula is C12H13N3O. The van der Waals surface area contributed by atoms with Crippen LogP contribution in [-0.4, -0.2) is 16.8 Å². The molecular weight excluding hydrogens is 202 g/mol. The summed E-state index contributed by atoms with van der Waals surface area (Å²) in [5.74, 6) is 0.356. The van der Waals surface area contributed by atoms with Crippen molar-refractivity contribution in [3.05, 3.63) is 52.3 Å². The molecule has 0 aliphatic carbocycles. The first-order valence-electron chi connectivity index (χ1n) is 5.06. The normalized spacial score (nSPS) is 10.1. The number of aromatic nitrogens is 2. The van der Waals surface area contributed by atoms with Crippen LogP contribution in [0.4, 0.5) is 5.82 Å². The van der Waals surface area contributed by atoms with E-state index >= 15 is 0 Å². The summed E-state index contributed by atoms with van der Waals surface area (Å²) in [6.45, 7) is 1.86. The second kappa shape index (κ2) is 4.18. The highest BCUT2D eigenvalue weighted by Crippen LogP contribution is 2.08. The molecule has 0 saturated carbocycles. The molecule has 2 aromatic rings. The summed E-state index contributed by atoms with van der Waals surface area (Å²) in [5, 5.41) is 7.04. The van der Waals surface area contributed by atoms with Crippen LogP contribution >= 0.6 is 0 Å². The predicted molar refractivity (Wildman–Crippen MR) is 64.1 cm³/mol. The van der Waals surface area contributed by atoms with Gasteiger partial charge >= 0.3 is 0 Å². The number of nitrogens with zero attached hydrogens (tertiary/aromatic N) is 2. The van der Waals surface area contributed by atoms with Gasteiger partial charge in [0.1, 0.15) is 0 Å². The number of para-hydroxylation sites is 1. The van der Waals surface area contributed by atoms with Gasteiger partial charge in [0.25, 0.3) is 0 Å². The number of aryl methyl sites for hydroxylation is 1. The summed E-state index contributed by atoms with van der Waals surface area (Å²) in [6.07, 6.45) is 0. The van der Waals surface area contributed by atoms with E-state index in [2.05, 4.69) is 10.4 Å². The zero-order valence-corrected chi connectivity index (χ0v) is 9.27. The van der Waals surface area contributed by atoms with Crippen molar-refractivity contribution >= 4 is 5.82 Å². The molecule has 82 valence electrons. The van der Waals surface area contributed by atoms with E-state index < -0.39 is 0 Å². The van der Waals surface area contributed by atoms with E-state index in [4.69, 9.17) is 0 Å². The van der Waals surface area contributed by atoms with E-state index in [9.17, 15) is 4.79 Å². The van der Waals surface area contributed by atoms with Crippen LogP contribution in [-0.2, 0) is 0 Å². The largest absolute Gasteiger partial charge is 0.368 e. The summed E-state index contributed by atoms with van der Waals surface area (Å²) in [7, 11) is 1.69. The van der Waals surface area contributed by atoms with Crippen molar-refractivity contribution < 1.29 is 0 Å². The molecule has 16 heavy (non-hydrogen) atoms. The van der Waals surface area contributed by atoms with Crippen LogP contribution in [0.2, 0.25) is 0 Å². The molecule has 1 aromatic heterocycles. The number of hydrogen-bond donors (Lipinski definition) is 1. The third-order valence-corrected chi connectivity index (χ3v) is 2.35. The van der Waals surface area contributed by atoms with E-state index in [1.165, 1.54) is 0 Å². The second-order valence-electron chi connectivity index (χ2n) is 3.50. The topological polar surface area (TPSA) is 46.9 Å². The van der Waals surface area contributed by atoms with Gasteiger partial charge in [0.2, 0.25) is 5.43 Å². The first kappa shape index (κ1) is 10.4. The maximum absolute atomic E-state index is 11.5. The Morgan fingerprint density at radius 3 is 2.56 bits per heavy atom. The van der Waals surface area contributed by atoms with Gasteiger partial charge in [-0.2, -0.15) is 0 Å². The smallest absolute Gasteiger partial charge is 0.224 e. The van der Waals surface area contributed by atoms with Crippen LogP contribution in [0.5, 0.6) is 0 Å². The van der Waals surface area contributed by atoms with Crippen LogP contribution < -0.4 is 10.7 Å². The van der Waals surface area contributed by atoms with Crippen LogP contribution in [0.15, 0.2) is 41.2 Å². The first-order valence-corrected chi connectivity index (χ1v) is 5.06. The maximum Gasteiger partial charge on any atom is 0.224 e. The Morgan fingerprint density at radius 2 is 1.94 bits per heavy atom. The van der Waals surface area contributed by atoms with Gasteiger partial charge in [0.05, 0.1) is 5.69 Å². The van der Waals surface area contributed by atoms with Gasteiger partial charge in [-0.15, -0.1) is 5.10 Å². The quantitative estimate of drug-likeness (QED) is 0.827. The molecule has 1 heterocycles. The molecule has 4 heteroatoms. The van der Waals surface area contributed by atoms with Gasteiger partial charge in [-0.25, -0.2) is 4.68 Å². The summed E-state index contributed by atoms with van der Waals surface area (Å²) in [5.41, 5.74) is 1.67. The average Bonchev–Trinajstić information content (AvgIpc) is 2.30. The molecule has 1 N–H and O–H groups in total. The van der Waals surface area contributed by atoms with Crippen molar-refractivity contribution in [2.45, 2.75) is 6.92 Å². The van der Waals surface area contributed by atoms with Crippen molar-refractivity contribution in [2.24, 2.45) is 0 Å². The number of anilines is 1. The molecule has 0 aliphatic rings. The monoisotopic (exact) mass is 215 g/mol. The molecule has 0 unspecified atom stereocenters. The number of nitrogens with one attached hydrogen (secondary N) is 1. The number of benzene rings is 1. The molecule has 2 rings (SSSR count). The highest BCUT2D eigenvalue weighted by Gasteiger charge is 2.05. The first-order chi connectivity index (χ1) is 7.72. The van der Waals surface area contributed by atoms with Crippen LogP contribution in [0.25, 0.3) is 5.69 Å². The molecule has 0 saturated heterocycles. The average molecular weight is 215 g/mol. The highest BCUT2D eigenvalue weighted by atomic mass is 16.1. The molecule has 0 amide bonds. The third-order valence-electron chi connectivity index (χ3n) is 2.35. The molecule has 4 nitrogen and oxygen atoms in total. The standard InChI is InChI=1S/C12H13N3O/c1-9-8-11(16)12(13-2)14-15(9)10-6-4-3-5-7-10/h3-8H,1-2H3,(H,13,14). The zero-order chi connectivity index (χ0) is 11.5. The lowest BCUT2D eigenvalue weighted by Gasteiger charge is -2.10. The van der Waals surface area contributed by atoms with Gasteiger partial charge in [0.15, 0.2) is 5.82 Å². The van der Waals surface area contributed by atoms with Gasteiger partial charge < -0.3 is 5.32 Å². The molecule has 1 aromatic carbocycles. The Kier molecular flexibility index (Phi) is 2.72. The zero-order valence-electron chi connectivity index (χ0n) is 9.27. The SMILES string of the molecule is CNc1nn(-c2ccccc2)c(C)cc1=O. The minimum Gasteiger partial charge on any atom is -0.368 e. The van der Waals surface area contributed by atoms with E-state index in [-0.39, 0.29) is 5.43 Å². The summed E-state index contributed by atoms with van der Waals surface area (Å²) >= 11 is 0. The Hall–Kier alpha value is -2.10. The molecule has 0 radical (unpaired) electrons. The van der Waals surface area contributed by atoms with Crippen molar-refractivity contribution in [1.82, 2.24) is 9.78 Å². The fourth-order valence-corrected chi connectivity index (χ4v) is 1.55. The van der Waals surface area contributed by atoms with E-state index in [1.807, 2.05) is 37.3 Å². The number of hydrogen-bond acceptors (Lipinski definition) is 3. The lowest BCUT2D eigenvalue weighted by Crippen LogP contribution is -2.17. The van der Waals surface area contributed by atoms with Crippen LogP contribution in [0.1, 0.15) is 5.69 Å². The molecule has 0 aliphatic heterocycles. The molecule has 0 atom stereocenters. The lowest BCUT2D eigenvalue weighted by atomic mass is 10.3. The van der Waals surface area contributed by atoms with E-state index in [0.717, 1.165) is 11.4 Å². The Bertz CT molecular complexity index is 546. The summed E-state index contributed by atoms with van der Waals surface area (Å²) in [4.78, 5) is 11.5. The van der Waals surface area contributed by atoms with E-state index in [0.29, 0.717) is 5.82 Å². The lowest BCUT2D eigenvalue weighted by molar-refractivity contribution is 0.804. The fraction of sp³-hybridized carbons (Fsp3) is 0.167. The summed E-state index contributed by atoms with van der Waals surface area (Å²) < 4.78 is 1.74. The van der Waals surface area contributed by atoms with Crippen molar-refractivity contribution in [3.63, 3.8) is 0 Å². The van der Waals surface area contributed by atoms with Crippen LogP contribution in [0.3, 0.4) is 0 Å². The minimum absolute atomic E-state index is 0.0906. The third kappa shape index (κ3) is 1.82. The minimum atomic E-state index is -0.0906. The highest BCUT2D eigenvalue weighted by molar-refractivity contribution is 5.38. The predicted octanol–water partition coefficient (Wildman–Crippen LogP) is 1.58.